The summed E-state index contributed by atoms with van der Waals surface area (Å²) in [4.78, 5) is 27.3. The molecule has 3 N–H and O–H groups in total. The fourth-order valence-corrected chi connectivity index (χ4v) is 6.97. The second kappa shape index (κ2) is 10.8. The summed E-state index contributed by atoms with van der Waals surface area (Å²) in [5, 5.41) is 22.3. The molecule has 0 bridgehead atoms. The second-order valence-corrected chi connectivity index (χ2v) is 11.4. The van der Waals surface area contributed by atoms with Crippen LogP contribution in [0.15, 0.2) is 57.3 Å². The Labute approximate surface area is 218 Å². The van der Waals surface area contributed by atoms with E-state index >= 15 is 0 Å². The van der Waals surface area contributed by atoms with Gasteiger partial charge >= 0.3 is 0 Å². The average molecular weight is 521 g/mol. The summed E-state index contributed by atoms with van der Waals surface area (Å²) in [5.74, 6) is 0.0980. The molecule has 1 aromatic carbocycles. The van der Waals surface area contributed by atoms with E-state index < -0.39 is 5.92 Å². The Bertz CT molecular complexity index is 1260. The molecule has 2 aromatic rings. The largest absolute Gasteiger partial charge is 0.384 e. The number of hydrogen-bond acceptors (Lipinski definition) is 9. The number of Topliss-reactive ketones (excluding diaryl/α,β-unsaturated/α-hetero) is 1. The zero-order valence-electron chi connectivity index (χ0n) is 19.9. The van der Waals surface area contributed by atoms with Gasteiger partial charge < -0.3 is 11.1 Å². The maximum Gasteiger partial charge on any atom is 0.230 e. The number of nitrogens with zero attached hydrogens (tertiary/aromatic N) is 4. The molecule has 3 aliphatic rings. The van der Waals surface area contributed by atoms with Gasteiger partial charge in [-0.25, -0.2) is 0 Å². The number of nitriles is 1. The summed E-state index contributed by atoms with van der Waals surface area (Å²) in [6.07, 6.45) is 7.48. The Morgan fingerprint density at radius 1 is 1.17 bits per heavy atom. The molecule has 1 aromatic heterocycles. The van der Waals surface area contributed by atoms with Crippen molar-refractivity contribution in [2.24, 2.45) is 5.73 Å². The lowest BCUT2D eigenvalue weighted by Crippen LogP contribution is -2.38. The molecule has 36 heavy (non-hydrogen) atoms. The van der Waals surface area contributed by atoms with Gasteiger partial charge in [0.2, 0.25) is 11.0 Å². The average Bonchev–Trinajstić information content (AvgIpc) is 3.36. The van der Waals surface area contributed by atoms with Crippen molar-refractivity contribution >= 4 is 39.9 Å². The highest BCUT2D eigenvalue weighted by Gasteiger charge is 2.41. The first-order valence-corrected chi connectivity index (χ1v) is 14.1. The lowest BCUT2D eigenvalue weighted by Gasteiger charge is -2.38. The Balaban J connectivity index is 1.40. The Hall–Kier alpha value is -3.16. The van der Waals surface area contributed by atoms with E-state index in [-0.39, 0.29) is 29.3 Å². The van der Waals surface area contributed by atoms with E-state index in [0.29, 0.717) is 39.9 Å². The van der Waals surface area contributed by atoms with E-state index in [1.165, 1.54) is 42.4 Å². The lowest BCUT2D eigenvalue weighted by molar-refractivity contribution is -0.119. The zero-order valence-corrected chi connectivity index (χ0v) is 21.5. The molecule has 1 saturated carbocycles. The maximum atomic E-state index is 13.2. The molecule has 10 heteroatoms. The number of aromatic nitrogens is 2. The van der Waals surface area contributed by atoms with Gasteiger partial charge in [-0.15, -0.1) is 10.2 Å². The topological polar surface area (TPSA) is 125 Å². The molecule has 5 rings (SSSR count). The monoisotopic (exact) mass is 520 g/mol. The number of thioether (sulfide) groups is 1. The maximum absolute atomic E-state index is 13.2. The second-order valence-electron chi connectivity index (χ2n) is 9.27. The SMILES string of the molecule is N#CC1=C(N)N(c2nnc(SCC(=O)NC3CCCCC3)s2)C2=C(C(=O)CCC2)C1c1ccccc1. The van der Waals surface area contributed by atoms with E-state index in [4.69, 9.17) is 5.73 Å². The molecular formula is C26H28N6O2S2. The number of anilines is 1. The van der Waals surface area contributed by atoms with Crippen molar-refractivity contribution in [2.75, 3.05) is 10.7 Å². The van der Waals surface area contributed by atoms with Gasteiger partial charge in [0, 0.05) is 23.7 Å². The molecule has 1 aliphatic heterocycles. The highest BCUT2D eigenvalue weighted by Crippen LogP contribution is 2.47. The number of rotatable bonds is 6. The van der Waals surface area contributed by atoms with Gasteiger partial charge in [-0.05, 0) is 31.2 Å². The number of ketones is 1. The van der Waals surface area contributed by atoms with Crippen molar-refractivity contribution in [2.45, 2.75) is 67.7 Å². The quantitative estimate of drug-likeness (QED) is 0.538. The molecule has 1 atom stereocenters. The van der Waals surface area contributed by atoms with Gasteiger partial charge in [-0.3, -0.25) is 14.5 Å². The number of allylic oxidation sites excluding steroid dienone is 3. The van der Waals surface area contributed by atoms with Crippen molar-refractivity contribution in [3.63, 3.8) is 0 Å². The molecule has 0 spiro atoms. The van der Waals surface area contributed by atoms with Gasteiger partial charge in [0.05, 0.1) is 23.3 Å². The minimum atomic E-state index is -0.486. The number of hydrogen-bond donors (Lipinski definition) is 2. The standard InChI is InChI=1S/C26H28N6O2S2/c27-14-18-22(16-8-3-1-4-9-16)23-19(12-7-13-20(23)33)32(24(18)28)25-30-31-26(36-25)35-15-21(34)29-17-10-5-2-6-11-17/h1,3-4,8-9,17,22H,2,5-7,10-13,15,28H2,(H,29,34). The Morgan fingerprint density at radius 2 is 1.94 bits per heavy atom. The molecule has 2 aliphatic carbocycles. The van der Waals surface area contributed by atoms with E-state index in [1.54, 1.807) is 4.90 Å². The number of amides is 1. The fourth-order valence-electron chi connectivity index (χ4n) is 5.28. The molecular weight excluding hydrogens is 492 g/mol. The van der Waals surface area contributed by atoms with Gasteiger partial charge in [-0.2, -0.15) is 5.26 Å². The van der Waals surface area contributed by atoms with E-state index in [1.807, 2.05) is 30.3 Å². The van der Waals surface area contributed by atoms with Crippen molar-refractivity contribution in [1.29, 1.82) is 5.26 Å². The summed E-state index contributed by atoms with van der Waals surface area (Å²) in [6, 6.07) is 12.1. The number of benzene rings is 1. The van der Waals surface area contributed by atoms with Gasteiger partial charge in [0.25, 0.3) is 0 Å². The first-order chi connectivity index (χ1) is 17.6. The summed E-state index contributed by atoms with van der Waals surface area (Å²) in [7, 11) is 0. The zero-order chi connectivity index (χ0) is 25.1. The predicted molar refractivity (Wildman–Crippen MR) is 140 cm³/mol. The highest BCUT2D eigenvalue weighted by atomic mass is 32.2. The van der Waals surface area contributed by atoms with E-state index in [9.17, 15) is 14.9 Å². The predicted octanol–water partition coefficient (Wildman–Crippen LogP) is 4.38. The summed E-state index contributed by atoms with van der Waals surface area (Å²) < 4.78 is 0.643. The molecule has 8 nitrogen and oxygen atoms in total. The van der Waals surface area contributed by atoms with Crippen LogP contribution in [0.5, 0.6) is 0 Å². The Kier molecular flexibility index (Phi) is 7.39. The molecule has 0 radical (unpaired) electrons. The van der Waals surface area contributed by atoms with Crippen LogP contribution in [0.1, 0.15) is 62.8 Å². The number of carbonyl (C=O) groups is 2. The molecule has 2 heterocycles. The number of nitrogens with one attached hydrogen (secondary N) is 1. The van der Waals surface area contributed by atoms with E-state index in [2.05, 4.69) is 21.6 Å². The van der Waals surface area contributed by atoms with Crippen LogP contribution in [0.2, 0.25) is 0 Å². The van der Waals surface area contributed by atoms with Crippen LogP contribution in [0, 0.1) is 11.3 Å². The van der Waals surface area contributed by atoms with Crippen molar-refractivity contribution in [1.82, 2.24) is 15.5 Å². The van der Waals surface area contributed by atoms with Gasteiger partial charge in [0.15, 0.2) is 10.1 Å². The van der Waals surface area contributed by atoms with Crippen molar-refractivity contribution < 1.29 is 9.59 Å². The van der Waals surface area contributed by atoms with Gasteiger partial charge in [-0.1, -0.05) is 72.7 Å². The highest BCUT2D eigenvalue weighted by molar-refractivity contribution is 8.01. The van der Waals surface area contributed by atoms with Crippen LogP contribution < -0.4 is 16.0 Å². The third-order valence-electron chi connectivity index (χ3n) is 6.93. The van der Waals surface area contributed by atoms with Crippen molar-refractivity contribution in [3.05, 3.63) is 58.6 Å². The fraction of sp³-hybridized carbons (Fsp3) is 0.423. The normalized spacial score (nSPS) is 20.8. The van der Waals surface area contributed by atoms with Crippen LogP contribution >= 0.6 is 23.1 Å². The van der Waals surface area contributed by atoms with Crippen LogP contribution in [0.3, 0.4) is 0 Å². The van der Waals surface area contributed by atoms with E-state index in [0.717, 1.165) is 24.1 Å². The summed E-state index contributed by atoms with van der Waals surface area (Å²) >= 11 is 2.65. The van der Waals surface area contributed by atoms with Crippen LogP contribution in [0.25, 0.3) is 0 Å². The lowest BCUT2D eigenvalue weighted by atomic mass is 9.76. The summed E-state index contributed by atoms with van der Waals surface area (Å²) in [5.41, 5.74) is 9.21. The molecule has 1 amide bonds. The third kappa shape index (κ3) is 4.90. The molecule has 0 saturated heterocycles. The molecule has 1 unspecified atom stereocenters. The smallest absolute Gasteiger partial charge is 0.230 e. The third-order valence-corrected chi connectivity index (χ3v) is 8.97. The molecule has 186 valence electrons. The minimum Gasteiger partial charge on any atom is -0.384 e. The summed E-state index contributed by atoms with van der Waals surface area (Å²) in [6.45, 7) is 0. The van der Waals surface area contributed by atoms with Crippen LogP contribution in [-0.2, 0) is 9.59 Å². The Morgan fingerprint density at radius 3 is 2.69 bits per heavy atom. The first kappa shape index (κ1) is 24.5. The van der Waals surface area contributed by atoms with Crippen LogP contribution in [-0.4, -0.2) is 33.7 Å². The number of nitrogens with two attached hydrogens (primary N) is 1. The first-order valence-electron chi connectivity index (χ1n) is 12.3. The molecule has 1 fully saturated rings. The van der Waals surface area contributed by atoms with Crippen LogP contribution in [0.4, 0.5) is 5.13 Å². The number of carbonyl (C=O) groups excluding carboxylic acids is 2. The van der Waals surface area contributed by atoms with Crippen molar-refractivity contribution in [3.8, 4) is 6.07 Å². The minimum absolute atomic E-state index is 0.00127. The van der Waals surface area contributed by atoms with Gasteiger partial charge in [0.1, 0.15) is 5.82 Å².